The molecule has 0 atom stereocenters. The van der Waals surface area contributed by atoms with Gasteiger partial charge >= 0.3 is 0 Å². The Morgan fingerprint density at radius 3 is 2.79 bits per heavy atom. The first-order chi connectivity index (χ1) is 14.1. The highest BCUT2D eigenvalue weighted by Gasteiger charge is 2.13. The number of amides is 1. The van der Waals surface area contributed by atoms with E-state index < -0.39 is 0 Å². The van der Waals surface area contributed by atoms with Crippen LogP contribution in [0.15, 0.2) is 60.1 Å². The number of rotatable bonds is 7. The Labute approximate surface area is 171 Å². The molecule has 1 amide bonds. The smallest absolute Gasteiger partial charge is 0.225 e. The van der Waals surface area contributed by atoms with Crippen LogP contribution in [0.4, 0.5) is 4.39 Å². The highest BCUT2D eigenvalue weighted by molar-refractivity contribution is 7.15. The van der Waals surface area contributed by atoms with Crippen LogP contribution in [0.25, 0.3) is 16.2 Å². The van der Waals surface area contributed by atoms with E-state index in [9.17, 15) is 9.18 Å². The van der Waals surface area contributed by atoms with Crippen molar-refractivity contribution >= 4 is 22.2 Å². The van der Waals surface area contributed by atoms with Crippen molar-refractivity contribution in [1.82, 2.24) is 14.7 Å². The van der Waals surface area contributed by atoms with Gasteiger partial charge in [0.05, 0.1) is 19.2 Å². The van der Waals surface area contributed by atoms with Gasteiger partial charge in [0, 0.05) is 29.4 Å². The highest BCUT2D eigenvalue weighted by atomic mass is 32.1. The third-order valence-electron chi connectivity index (χ3n) is 4.67. The highest BCUT2D eigenvalue weighted by Crippen LogP contribution is 2.24. The van der Waals surface area contributed by atoms with Crippen LogP contribution in [0.3, 0.4) is 0 Å². The van der Waals surface area contributed by atoms with E-state index >= 15 is 0 Å². The summed E-state index contributed by atoms with van der Waals surface area (Å²) < 4.78 is 20.4. The first-order valence-electron chi connectivity index (χ1n) is 9.24. The summed E-state index contributed by atoms with van der Waals surface area (Å²) in [6.07, 6.45) is 2.86. The van der Waals surface area contributed by atoms with Gasteiger partial charge in [-0.15, -0.1) is 11.3 Å². The second-order valence-corrected chi connectivity index (χ2v) is 7.44. The quantitative estimate of drug-likeness (QED) is 0.500. The number of para-hydroxylation sites is 1. The van der Waals surface area contributed by atoms with Crippen LogP contribution in [0, 0.1) is 5.82 Å². The molecular formula is C22H20FN3O2S. The summed E-state index contributed by atoms with van der Waals surface area (Å²) >= 11 is 1.48. The van der Waals surface area contributed by atoms with Gasteiger partial charge in [0.15, 0.2) is 4.96 Å². The van der Waals surface area contributed by atoms with E-state index in [-0.39, 0.29) is 18.1 Å². The fraction of sp³-hybridized carbons (Fsp3) is 0.182. The van der Waals surface area contributed by atoms with Gasteiger partial charge in [-0.25, -0.2) is 9.37 Å². The first kappa shape index (κ1) is 19.1. The summed E-state index contributed by atoms with van der Waals surface area (Å²) in [5.74, 6) is 0.505. The molecule has 2 aromatic carbocycles. The second-order valence-electron chi connectivity index (χ2n) is 6.60. The van der Waals surface area contributed by atoms with E-state index in [1.54, 1.807) is 19.2 Å². The van der Waals surface area contributed by atoms with Gasteiger partial charge in [0.2, 0.25) is 5.91 Å². The summed E-state index contributed by atoms with van der Waals surface area (Å²) in [5.41, 5.74) is 3.54. The van der Waals surface area contributed by atoms with Gasteiger partial charge in [-0.05, 0) is 42.3 Å². The molecule has 0 radical (unpaired) electrons. The normalized spacial score (nSPS) is 11.0. The molecule has 0 saturated heterocycles. The third kappa shape index (κ3) is 4.30. The lowest BCUT2D eigenvalue weighted by Gasteiger charge is -2.09. The van der Waals surface area contributed by atoms with E-state index in [4.69, 9.17) is 4.74 Å². The van der Waals surface area contributed by atoms with Crippen LogP contribution in [0.2, 0.25) is 0 Å². The number of hydrogen-bond donors (Lipinski definition) is 1. The van der Waals surface area contributed by atoms with Gasteiger partial charge in [0.1, 0.15) is 11.6 Å². The maximum Gasteiger partial charge on any atom is 0.225 e. The first-order valence-corrected chi connectivity index (χ1v) is 10.1. The Kier molecular flexibility index (Phi) is 5.57. The molecule has 2 aromatic heterocycles. The minimum absolute atomic E-state index is 0.0448. The van der Waals surface area contributed by atoms with Crippen LogP contribution in [0.5, 0.6) is 5.75 Å². The SMILES string of the molecule is COc1ccccc1CCNC(=O)Cc1csc2nc(-c3ccc(F)cc3)cn12. The number of methoxy groups -OCH3 is 1. The van der Waals surface area contributed by atoms with Gasteiger partial charge < -0.3 is 10.1 Å². The molecule has 0 aliphatic rings. The zero-order valence-corrected chi connectivity index (χ0v) is 16.7. The number of carbonyl (C=O) groups excluding carboxylic acids is 1. The van der Waals surface area contributed by atoms with E-state index in [1.807, 2.05) is 40.2 Å². The zero-order chi connectivity index (χ0) is 20.2. The molecule has 148 valence electrons. The number of nitrogens with one attached hydrogen (secondary N) is 1. The van der Waals surface area contributed by atoms with E-state index in [0.717, 1.165) is 33.2 Å². The lowest BCUT2D eigenvalue weighted by molar-refractivity contribution is -0.120. The summed E-state index contributed by atoms with van der Waals surface area (Å²) in [5, 5.41) is 4.91. The predicted molar refractivity (Wildman–Crippen MR) is 112 cm³/mol. The maximum atomic E-state index is 13.1. The van der Waals surface area contributed by atoms with Gasteiger partial charge in [-0.1, -0.05) is 18.2 Å². The van der Waals surface area contributed by atoms with E-state index in [2.05, 4.69) is 10.3 Å². The van der Waals surface area contributed by atoms with Crippen molar-refractivity contribution in [3.8, 4) is 17.0 Å². The van der Waals surface area contributed by atoms with Crippen LogP contribution in [-0.2, 0) is 17.6 Å². The Morgan fingerprint density at radius 1 is 1.21 bits per heavy atom. The van der Waals surface area contributed by atoms with Crippen molar-refractivity contribution in [2.24, 2.45) is 0 Å². The summed E-state index contributed by atoms with van der Waals surface area (Å²) in [4.78, 5) is 17.8. The molecule has 29 heavy (non-hydrogen) atoms. The molecule has 2 heterocycles. The third-order valence-corrected chi connectivity index (χ3v) is 5.56. The number of imidazole rings is 1. The molecule has 0 aliphatic carbocycles. The number of benzene rings is 2. The van der Waals surface area contributed by atoms with Gasteiger partial charge in [-0.3, -0.25) is 9.20 Å². The maximum absolute atomic E-state index is 13.1. The molecule has 0 unspecified atom stereocenters. The fourth-order valence-corrected chi connectivity index (χ4v) is 4.06. The standard InChI is InChI=1S/C22H20FN3O2S/c1-28-20-5-3-2-4-16(20)10-11-24-21(27)12-18-14-29-22-25-19(13-26(18)22)15-6-8-17(23)9-7-15/h2-9,13-14H,10-12H2,1H3,(H,24,27). The molecule has 4 rings (SSSR count). The monoisotopic (exact) mass is 409 g/mol. The number of aromatic nitrogens is 2. The number of thiazole rings is 1. The Morgan fingerprint density at radius 2 is 2.00 bits per heavy atom. The minimum atomic E-state index is -0.278. The number of halogens is 1. The number of nitrogens with zero attached hydrogens (tertiary/aromatic N) is 2. The molecule has 0 bridgehead atoms. The average molecular weight is 409 g/mol. The molecule has 1 N–H and O–H groups in total. The predicted octanol–water partition coefficient (Wildman–Crippen LogP) is 4.11. The Bertz CT molecular complexity index is 1130. The van der Waals surface area contributed by atoms with Crippen molar-refractivity contribution in [1.29, 1.82) is 0 Å². The van der Waals surface area contributed by atoms with Crippen molar-refractivity contribution in [2.75, 3.05) is 13.7 Å². The number of fused-ring (bicyclic) bond motifs is 1. The molecule has 0 aliphatic heterocycles. The largest absolute Gasteiger partial charge is 0.496 e. The van der Waals surface area contributed by atoms with Crippen LogP contribution in [-0.4, -0.2) is 28.9 Å². The van der Waals surface area contributed by atoms with Crippen molar-refractivity contribution < 1.29 is 13.9 Å². The van der Waals surface area contributed by atoms with Crippen LogP contribution < -0.4 is 10.1 Å². The molecule has 7 heteroatoms. The van der Waals surface area contributed by atoms with Crippen LogP contribution >= 0.6 is 11.3 Å². The summed E-state index contributed by atoms with van der Waals surface area (Å²) in [6.45, 7) is 0.539. The van der Waals surface area contributed by atoms with Gasteiger partial charge in [-0.2, -0.15) is 0 Å². The lowest BCUT2D eigenvalue weighted by Crippen LogP contribution is -2.27. The number of hydrogen-bond acceptors (Lipinski definition) is 4. The van der Waals surface area contributed by atoms with Crippen LogP contribution in [0.1, 0.15) is 11.3 Å². The summed E-state index contributed by atoms with van der Waals surface area (Å²) in [7, 11) is 1.64. The fourth-order valence-electron chi connectivity index (χ4n) is 3.19. The minimum Gasteiger partial charge on any atom is -0.496 e. The molecule has 0 saturated carbocycles. The number of ether oxygens (including phenoxy) is 1. The average Bonchev–Trinajstić information content (AvgIpc) is 3.31. The Balaban J connectivity index is 1.40. The second kappa shape index (κ2) is 8.45. The van der Waals surface area contributed by atoms with Gasteiger partial charge in [0.25, 0.3) is 0 Å². The molecular weight excluding hydrogens is 389 g/mol. The van der Waals surface area contributed by atoms with Crippen molar-refractivity contribution in [3.05, 3.63) is 77.2 Å². The number of carbonyl (C=O) groups is 1. The van der Waals surface area contributed by atoms with E-state index in [1.165, 1.54) is 23.5 Å². The lowest BCUT2D eigenvalue weighted by atomic mass is 10.1. The molecule has 4 aromatic rings. The topological polar surface area (TPSA) is 55.6 Å². The summed E-state index contributed by atoms with van der Waals surface area (Å²) in [6, 6.07) is 14.0. The molecule has 5 nitrogen and oxygen atoms in total. The molecule has 0 spiro atoms. The molecule has 0 fully saturated rings. The van der Waals surface area contributed by atoms with E-state index in [0.29, 0.717) is 13.0 Å². The van der Waals surface area contributed by atoms with Crippen molar-refractivity contribution in [3.63, 3.8) is 0 Å². The Hall–Kier alpha value is -3.19. The van der Waals surface area contributed by atoms with Crippen molar-refractivity contribution in [2.45, 2.75) is 12.8 Å². The zero-order valence-electron chi connectivity index (χ0n) is 15.9.